The van der Waals surface area contributed by atoms with Crippen LogP contribution in [0.5, 0.6) is 11.5 Å². The summed E-state index contributed by atoms with van der Waals surface area (Å²) in [6.45, 7) is 0. The summed E-state index contributed by atoms with van der Waals surface area (Å²) in [5, 5.41) is 9.95. The highest BCUT2D eigenvalue weighted by atomic mass is 19.4. The number of hydrogen-bond donors (Lipinski definition) is 2. The molecule has 0 saturated carbocycles. The number of hydrogen-bond acceptors (Lipinski definition) is 3. The number of aromatic amines is 1. The zero-order valence-electron chi connectivity index (χ0n) is 17.1. The molecule has 0 spiro atoms. The molecule has 2 N–H and O–H groups in total. The Bertz CT molecular complexity index is 1410. The minimum Gasteiger partial charge on any atom is -0.506 e. The van der Waals surface area contributed by atoms with Gasteiger partial charge in [-0.1, -0.05) is 66.7 Å². The van der Waals surface area contributed by atoms with Crippen LogP contribution in [0.2, 0.25) is 0 Å². The first-order valence-corrected chi connectivity index (χ1v) is 10.1. The van der Waals surface area contributed by atoms with Crippen molar-refractivity contribution in [3.63, 3.8) is 0 Å². The molecule has 7 heteroatoms. The van der Waals surface area contributed by atoms with Gasteiger partial charge in [-0.3, -0.25) is 0 Å². The van der Waals surface area contributed by atoms with Gasteiger partial charge in [-0.05, 0) is 46.5 Å². The second kappa shape index (κ2) is 8.02. The van der Waals surface area contributed by atoms with E-state index >= 15 is 0 Å². The highest BCUT2D eigenvalue weighted by molar-refractivity contribution is 5.84. The second-order valence-corrected chi connectivity index (χ2v) is 7.49. The molecule has 0 radical (unpaired) electrons. The van der Waals surface area contributed by atoms with Crippen LogP contribution < -0.4 is 4.74 Å². The van der Waals surface area contributed by atoms with Gasteiger partial charge in [0.2, 0.25) is 0 Å². The normalized spacial score (nSPS) is 11.6. The number of aromatic hydroxyl groups is 1. The van der Waals surface area contributed by atoms with Gasteiger partial charge in [-0.25, -0.2) is 4.98 Å². The number of aromatic nitrogens is 2. The minimum atomic E-state index is -4.70. The van der Waals surface area contributed by atoms with E-state index in [4.69, 9.17) is 0 Å². The van der Waals surface area contributed by atoms with Crippen molar-refractivity contribution in [2.24, 2.45) is 0 Å². The number of para-hydroxylation sites is 1. The third kappa shape index (κ3) is 4.39. The number of alkyl halides is 3. The zero-order chi connectivity index (χ0) is 23.0. The predicted molar refractivity (Wildman–Crippen MR) is 121 cm³/mol. The molecule has 0 saturated heterocycles. The van der Waals surface area contributed by atoms with E-state index in [0.717, 1.165) is 33.3 Å². The highest BCUT2D eigenvalue weighted by Gasteiger charge is 2.30. The number of rotatable bonds is 4. The topological polar surface area (TPSA) is 58.1 Å². The van der Waals surface area contributed by atoms with E-state index in [2.05, 4.69) is 14.7 Å². The van der Waals surface area contributed by atoms with E-state index in [-0.39, 0.29) is 11.5 Å². The average molecular weight is 446 g/mol. The van der Waals surface area contributed by atoms with Crippen LogP contribution in [0.3, 0.4) is 0 Å². The fraction of sp³-hybridized carbons (Fsp3) is 0.0385. The molecule has 4 aromatic carbocycles. The van der Waals surface area contributed by atoms with Gasteiger partial charge in [0.05, 0.1) is 5.52 Å². The number of phenols is 1. The molecule has 0 aliphatic heterocycles. The summed E-state index contributed by atoms with van der Waals surface area (Å²) in [7, 11) is 0. The Kier molecular flexibility index (Phi) is 5.01. The Balaban J connectivity index is 1.34. The first kappa shape index (κ1) is 20.6. The summed E-state index contributed by atoms with van der Waals surface area (Å²) in [5.41, 5.74) is 5.89. The Morgan fingerprint density at radius 3 is 1.64 bits per heavy atom. The van der Waals surface area contributed by atoms with Crippen LogP contribution in [0, 0.1) is 0 Å². The number of halogens is 3. The predicted octanol–water partition coefficient (Wildman–Crippen LogP) is 7.17. The molecule has 5 aromatic rings. The van der Waals surface area contributed by atoms with Crippen LogP contribution in [-0.2, 0) is 0 Å². The fourth-order valence-electron chi connectivity index (χ4n) is 3.68. The van der Waals surface area contributed by atoms with Crippen molar-refractivity contribution in [3.05, 3.63) is 91.0 Å². The van der Waals surface area contributed by atoms with E-state index in [1.165, 1.54) is 12.1 Å². The zero-order valence-corrected chi connectivity index (χ0v) is 17.1. The lowest BCUT2D eigenvalue weighted by molar-refractivity contribution is -0.274. The summed E-state index contributed by atoms with van der Waals surface area (Å²) < 4.78 is 40.9. The van der Waals surface area contributed by atoms with Crippen LogP contribution in [0.25, 0.3) is 44.7 Å². The van der Waals surface area contributed by atoms with Gasteiger partial charge < -0.3 is 14.8 Å². The van der Waals surface area contributed by atoms with Crippen molar-refractivity contribution in [1.29, 1.82) is 0 Å². The Morgan fingerprint density at radius 1 is 0.667 bits per heavy atom. The smallest absolute Gasteiger partial charge is 0.506 e. The molecule has 0 fully saturated rings. The van der Waals surface area contributed by atoms with E-state index in [0.29, 0.717) is 11.3 Å². The van der Waals surface area contributed by atoms with Crippen LogP contribution in [-0.4, -0.2) is 21.4 Å². The number of nitrogens with one attached hydrogen (secondary N) is 1. The van der Waals surface area contributed by atoms with E-state index < -0.39 is 6.36 Å². The van der Waals surface area contributed by atoms with Gasteiger partial charge in [0.15, 0.2) is 0 Å². The summed E-state index contributed by atoms with van der Waals surface area (Å²) in [5.74, 6) is 0.559. The highest BCUT2D eigenvalue weighted by Crippen LogP contribution is 2.30. The summed E-state index contributed by atoms with van der Waals surface area (Å²) >= 11 is 0. The fourth-order valence-corrected chi connectivity index (χ4v) is 3.68. The maximum absolute atomic E-state index is 12.3. The molecule has 164 valence electrons. The average Bonchev–Trinajstić information content (AvgIpc) is 3.25. The van der Waals surface area contributed by atoms with E-state index in [1.807, 2.05) is 54.6 Å². The van der Waals surface area contributed by atoms with Gasteiger partial charge in [-0.2, -0.15) is 0 Å². The Labute approximate surface area is 186 Å². The maximum atomic E-state index is 12.3. The number of H-pyrrole nitrogens is 1. The molecule has 0 aliphatic carbocycles. The Morgan fingerprint density at radius 2 is 1.15 bits per heavy atom. The van der Waals surface area contributed by atoms with Crippen LogP contribution in [0.1, 0.15) is 0 Å². The van der Waals surface area contributed by atoms with Crippen molar-refractivity contribution in [3.8, 4) is 45.1 Å². The van der Waals surface area contributed by atoms with Crippen LogP contribution >= 0.6 is 0 Å². The van der Waals surface area contributed by atoms with E-state index in [9.17, 15) is 18.3 Å². The monoisotopic (exact) mass is 446 g/mol. The number of nitrogens with zero attached hydrogens (tertiary/aromatic N) is 1. The lowest BCUT2D eigenvalue weighted by Gasteiger charge is -2.10. The van der Waals surface area contributed by atoms with Gasteiger partial charge in [0, 0.05) is 5.56 Å². The molecule has 0 unspecified atom stereocenters. The van der Waals surface area contributed by atoms with Gasteiger partial charge in [0.1, 0.15) is 22.8 Å². The number of benzene rings is 4. The summed E-state index contributed by atoms with van der Waals surface area (Å²) in [4.78, 5) is 7.69. The van der Waals surface area contributed by atoms with Crippen LogP contribution in [0.4, 0.5) is 13.2 Å². The van der Waals surface area contributed by atoms with Gasteiger partial charge >= 0.3 is 6.36 Å². The number of fused-ring (bicyclic) bond motifs is 1. The summed E-state index contributed by atoms with van der Waals surface area (Å²) in [6.07, 6.45) is -4.70. The van der Waals surface area contributed by atoms with Crippen molar-refractivity contribution < 1.29 is 23.0 Å². The number of ether oxygens (including phenoxy) is 1. The molecule has 1 aromatic heterocycles. The number of phenolic OH excluding ortho intramolecular Hbond substituents is 1. The first-order valence-electron chi connectivity index (χ1n) is 10.1. The van der Waals surface area contributed by atoms with Crippen molar-refractivity contribution in [1.82, 2.24) is 9.97 Å². The second-order valence-electron chi connectivity index (χ2n) is 7.49. The molecule has 0 aliphatic rings. The third-order valence-electron chi connectivity index (χ3n) is 5.29. The first-order chi connectivity index (χ1) is 15.9. The number of imidazole rings is 1. The van der Waals surface area contributed by atoms with Crippen molar-refractivity contribution >= 4 is 11.0 Å². The van der Waals surface area contributed by atoms with E-state index in [1.54, 1.807) is 24.3 Å². The van der Waals surface area contributed by atoms with Crippen molar-refractivity contribution in [2.45, 2.75) is 6.36 Å². The molecule has 1 heterocycles. The third-order valence-corrected chi connectivity index (χ3v) is 5.29. The van der Waals surface area contributed by atoms with Crippen LogP contribution in [0.15, 0.2) is 91.0 Å². The molecular weight excluding hydrogens is 429 g/mol. The molecule has 33 heavy (non-hydrogen) atoms. The largest absolute Gasteiger partial charge is 0.573 e. The van der Waals surface area contributed by atoms with Gasteiger partial charge in [-0.15, -0.1) is 13.2 Å². The Hall–Kier alpha value is -4.26. The molecule has 0 atom stereocenters. The maximum Gasteiger partial charge on any atom is 0.573 e. The SMILES string of the molecule is Oc1cccc2[nH]c(-c3ccc(-c4ccc(-c5ccc(OC(F)(F)F)cc5)cc4)cc3)nc12. The quantitative estimate of drug-likeness (QED) is 0.308. The lowest BCUT2D eigenvalue weighted by Crippen LogP contribution is -2.16. The molecule has 0 bridgehead atoms. The molecular formula is C26H17F3N2O2. The standard InChI is InChI=1S/C26H17F3N2O2/c27-26(28,29)33-21-14-12-19(13-15-21)17-6-4-16(5-7-17)18-8-10-20(11-9-18)25-30-22-2-1-3-23(32)24(22)31-25/h1-15,32H,(H,30,31). The lowest BCUT2D eigenvalue weighted by atomic mass is 9.99. The van der Waals surface area contributed by atoms with Crippen molar-refractivity contribution in [2.75, 3.05) is 0 Å². The minimum absolute atomic E-state index is 0.134. The molecule has 0 amide bonds. The molecule has 4 nitrogen and oxygen atoms in total. The summed E-state index contributed by atoms with van der Waals surface area (Å²) in [6, 6.07) is 26.7. The molecule has 5 rings (SSSR count). The van der Waals surface area contributed by atoms with Gasteiger partial charge in [0.25, 0.3) is 0 Å².